The number of carbonyl (C=O) groups is 2. The number of aliphatic hydroxyl groups excluding tert-OH is 2. The van der Waals surface area contributed by atoms with Crippen LogP contribution in [0.4, 0.5) is 0 Å². The van der Waals surface area contributed by atoms with E-state index in [-0.39, 0.29) is 17.6 Å². The Morgan fingerprint density at radius 3 is 2.15 bits per heavy atom. The van der Waals surface area contributed by atoms with E-state index in [0.717, 1.165) is 0 Å². The van der Waals surface area contributed by atoms with Gasteiger partial charge >= 0.3 is 5.97 Å². The Labute approximate surface area is 156 Å². The molecule has 0 radical (unpaired) electrons. The maximum atomic E-state index is 12.7. The molecule has 0 amide bonds. The fourth-order valence-electron chi connectivity index (χ4n) is 4.05. The number of hydrogen-bond donors (Lipinski definition) is 3. The molecule has 0 aromatic carbocycles. The molecule has 4 unspecified atom stereocenters. The van der Waals surface area contributed by atoms with Crippen LogP contribution in [0.3, 0.4) is 0 Å². The van der Waals surface area contributed by atoms with Gasteiger partial charge in [0.2, 0.25) is 0 Å². The zero-order chi connectivity index (χ0) is 20.2. The fraction of sp³-hybridized carbons (Fsp3) is 0.900. The van der Waals surface area contributed by atoms with E-state index >= 15 is 0 Å². The molecule has 1 fully saturated rings. The monoisotopic (exact) mass is 372 g/mol. The second-order valence-corrected chi connectivity index (χ2v) is 8.46. The van der Waals surface area contributed by atoms with Gasteiger partial charge in [-0.15, -0.1) is 0 Å². The van der Waals surface area contributed by atoms with Crippen molar-refractivity contribution in [3.63, 3.8) is 0 Å². The van der Waals surface area contributed by atoms with E-state index in [1.165, 1.54) is 6.92 Å². The number of carbonyl (C=O) groups excluding carboxylic acids is 2. The molecule has 0 aliphatic carbocycles. The Morgan fingerprint density at radius 2 is 1.62 bits per heavy atom. The highest BCUT2D eigenvalue weighted by molar-refractivity contribution is 5.83. The number of hydrogen-bond acceptors (Lipinski definition) is 6. The summed E-state index contributed by atoms with van der Waals surface area (Å²) < 4.78 is 5.51. The van der Waals surface area contributed by atoms with Crippen LogP contribution in [0.2, 0.25) is 0 Å². The summed E-state index contributed by atoms with van der Waals surface area (Å²) >= 11 is 0. The highest BCUT2D eigenvalue weighted by Crippen LogP contribution is 2.31. The Balaban J connectivity index is 3.18. The lowest BCUT2D eigenvalue weighted by atomic mass is 9.78. The van der Waals surface area contributed by atoms with Crippen LogP contribution in [-0.2, 0) is 14.3 Å². The number of ether oxygens (including phenoxy) is 1. The predicted molar refractivity (Wildman–Crippen MR) is 98.3 cm³/mol. The van der Waals surface area contributed by atoms with Crippen LogP contribution in [0.25, 0.3) is 0 Å². The molecule has 0 bridgehead atoms. The molecular formula is C20H36O6. The molecule has 1 aliphatic rings. The van der Waals surface area contributed by atoms with Crippen LogP contribution in [0.5, 0.6) is 0 Å². The predicted octanol–water partition coefficient (Wildman–Crippen LogP) is 2.08. The van der Waals surface area contributed by atoms with Crippen molar-refractivity contribution in [2.24, 2.45) is 23.7 Å². The molecule has 3 N–H and O–H groups in total. The van der Waals surface area contributed by atoms with Gasteiger partial charge in [-0.25, -0.2) is 0 Å². The molecule has 6 heteroatoms. The lowest BCUT2D eigenvalue weighted by Gasteiger charge is -2.39. The smallest absolute Gasteiger partial charge is 0.309 e. The normalized spacial score (nSPS) is 44.3. The maximum absolute atomic E-state index is 12.7. The van der Waals surface area contributed by atoms with Gasteiger partial charge in [0.15, 0.2) is 0 Å². The van der Waals surface area contributed by atoms with Crippen LogP contribution in [0.1, 0.15) is 67.2 Å². The van der Waals surface area contributed by atoms with E-state index < -0.39 is 41.7 Å². The minimum Gasteiger partial charge on any atom is -0.459 e. The van der Waals surface area contributed by atoms with E-state index in [9.17, 15) is 24.9 Å². The molecule has 152 valence electrons. The molecule has 6 nitrogen and oxygen atoms in total. The second-order valence-electron chi connectivity index (χ2n) is 8.46. The summed E-state index contributed by atoms with van der Waals surface area (Å²) in [5.74, 6) is -2.19. The quantitative estimate of drug-likeness (QED) is 0.609. The molecule has 0 aromatic heterocycles. The first-order valence-electron chi connectivity index (χ1n) is 9.74. The summed E-state index contributed by atoms with van der Waals surface area (Å²) in [4.78, 5) is 25.1. The fourth-order valence-corrected chi connectivity index (χ4v) is 4.05. The van der Waals surface area contributed by atoms with E-state index in [1.54, 1.807) is 27.7 Å². The lowest BCUT2D eigenvalue weighted by molar-refractivity contribution is -0.189. The van der Waals surface area contributed by atoms with Crippen molar-refractivity contribution in [1.29, 1.82) is 0 Å². The van der Waals surface area contributed by atoms with Gasteiger partial charge in [-0.3, -0.25) is 9.59 Å². The summed E-state index contributed by atoms with van der Waals surface area (Å²) in [6, 6.07) is 0. The first-order valence-corrected chi connectivity index (χ1v) is 9.74. The lowest BCUT2D eigenvalue weighted by Crippen LogP contribution is -2.55. The number of rotatable bonds is 1. The van der Waals surface area contributed by atoms with Gasteiger partial charge in [0.25, 0.3) is 0 Å². The molecule has 8 atom stereocenters. The van der Waals surface area contributed by atoms with Crippen molar-refractivity contribution in [3.8, 4) is 0 Å². The molecule has 1 saturated heterocycles. The van der Waals surface area contributed by atoms with Crippen molar-refractivity contribution in [2.45, 2.75) is 91.1 Å². The first-order chi connectivity index (χ1) is 11.9. The number of Topliss-reactive ketones (excluding diaryl/α,β-unsaturated/α-hetero) is 1. The Kier molecular flexibility index (Phi) is 8.24. The zero-order valence-corrected chi connectivity index (χ0v) is 16.9. The summed E-state index contributed by atoms with van der Waals surface area (Å²) in [6.07, 6.45) is -1.24. The van der Waals surface area contributed by atoms with Gasteiger partial charge in [-0.05, 0) is 38.5 Å². The molecular weight excluding hydrogens is 336 g/mol. The van der Waals surface area contributed by atoms with Crippen molar-refractivity contribution in [2.75, 3.05) is 0 Å². The minimum atomic E-state index is -1.74. The van der Waals surface area contributed by atoms with E-state index in [0.29, 0.717) is 25.7 Å². The van der Waals surface area contributed by atoms with Crippen molar-refractivity contribution in [3.05, 3.63) is 0 Å². The first kappa shape index (κ1) is 23.1. The van der Waals surface area contributed by atoms with Crippen LogP contribution in [0, 0.1) is 23.7 Å². The SMILES string of the molecule is CC[C@H]1OC(=O)C(C)C[C@H](C)CC(O)C[C@@H](C)C(=O)C(C)C(O)[C@]1(C)O. The third kappa shape index (κ3) is 5.51. The number of ketones is 1. The van der Waals surface area contributed by atoms with Gasteiger partial charge in [0, 0.05) is 11.8 Å². The third-order valence-electron chi connectivity index (χ3n) is 5.75. The standard InChI is InChI=1S/C20H36O6/c1-7-16-20(6,25)18(23)14(5)17(22)12(3)10-15(21)9-11(2)8-13(4)19(24)26-16/h11-16,18,21,23,25H,7-10H2,1-6H3/t11-,12+,13?,14?,15?,16+,18?,20+/m0/s1. The third-order valence-corrected chi connectivity index (χ3v) is 5.75. The zero-order valence-electron chi connectivity index (χ0n) is 16.9. The largest absolute Gasteiger partial charge is 0.459 e. The molecule has 1 rings (SSSR count). The summed E-state index contributed by atoms with van der Waals surface area (Å²) in [6.45, 7) is 10.2. The van der Waals surface area contributed by atoms with E-state index in [4.69, 9.17) is 4.74 Å². The van der Waals surface area contributed by atoms with E-state index in [1.807, 2.05) is 6.92 Å². The van der Waals surface area contributed by atoms with Gasteiger partial charge < -0.3 is 20.1 Å². The van der Waals surface area contributed by atoms with Crippen LogP contribution in [0.15, 0.2) is 0 Å². The molecule has 0 saturated carbocycles. The maximum Gasteiger partial charge on any atom is 0.309 e. The molecule has 0 aromatic rings. The summed E-state index contributed by atoms with van der Waals surface area (Å²) in [7, 11) is 0. The Bertz CT molecular complexity index is 485. The van der Waals surface area contributed by atoms with Crippen molar-refractivity contribution < 1.29 is 29.6 Å². The van der Waals surface area contributed by atoms with Crippen molar-refractivity contribution in [1.82, 2.24) is 0 Å². The molecule has 1 aliphatic heterocycles. The van der Waals surface area contributed by atoms with Crippen LogP contribution >= 0.6 is 0 Å². The van der Waals surface area contributed by atoms with Gasteiger partial charge in [0.05, 0.1) is 18.1 Å². The van der Waals surface area contributed by atoms with Gasteiger partial charge in [0.1, 0.15) is 17.5 Å². The average Bonchev–Trinajstić information content (AvgIpc) is 2.55. The molecule has 26 heavy (non-hydrogen) atoms. The number of esters is 1. The topological polar surface area (TPSA) is 104 Å². The molecule has 1 heterocycles. The number of aliphatic hydroxyl groups is 3. The highest BCUT2D eigenvalue weighted by atomic mass is 16.6. The van der Waals surface area contributed by atoms with Crippen molar-refractivity contribution >= 4 is 11.8 Å². The van der Waals surface area contributed by atoms with E-state index in [2.05, 4.69) is 0 Å². The minimum absolute atomic E-state index is 0.0985. The van der Waals surface area contributed by atoms with Gasteiger partial charge in [-0.2, -0.15) is 0 Å². The summed E-state index contributed by atoms with van der Waals surface area (Å²) in [5.41, 5.74) is -1.74. The summed E-state index contributed by atoms with van der Waals surface area (Å²) in [5, 5.41) is 31.8. The van der Waals surface area contributed by atoms with Crippen LogP contribution in [-0.4, -0.2) is 51.0 Å². The Morgan fingerprint density at radius 1 is 1.04 bits per heavy atom. The second kappa shape index (κ2) is 9.29. The molecule has 0 spiro atoms. The van der Waals surface area contributed by atoms with Gasteiger partial charge in [-0.1, -0.05) is 34.6 Å². The average molecular weight is 373 g/mol. The highest BCUT2D eigenvalue weighted by Gasteiger charge is 2.46. The Hall–Kier alpha value is -0.980. The van der Waals surface area contributed by atoms with Crippen LogP contribution < -0.4 is 0 Å². The number of cyclic esters (lactones) is 1.